The van der Waals surface area contributed by atoms with Crippen LogP contribution in [0.1, 0.15) is 5.56 Å². The van der Waals surface area contributed by atoms with Crippen LogP contribution in [0.15, 0.2) is 30.3 Å². The molecule has 0 radical (unpaired) electrons. The highest BCUT2D eigenvalue weighted by Gasteiger charge is 2.01. The van der Waals surface area contributed by atoms with Gasteiger partial charge < -0.3 is 5.73 Å². The van der Waals surface area contributed by atoms with Crippen molar-refractivity contribution < 1.29 is 0 Å². The number of pyridine rings is 1. The van der Waals surface area contributed by atoms with E-state index in [4.69, 9.17) is 5.73 Å². The third-order valence-corrected chi connectivity index (χ3v) is 2.90. The van der Waals surface area contributed by atoms with Gasteiger partial charge in [0, 0.05) is 11.9 Å². The van der Waals surface area contributed by atoms with E-state index in [1.807, 2.05) is 18.2 Å². The third kappa shape index (κ3) is 1.66. The summed E-state index contributed by atoms with van der Waals surface area (Å²) in [5.74, 6) is 0. The van der Waals surface area contributed by atoms with E-state index in [0.29, 0.717) is 6.54 Å². The van der Waals surface area contributed by atoms with Crippen molar-refractivity contribution in [1.29, 1.82) is 0 Å². The maximum atomic E-state index is 5.60. The smallest absolute Gasteiger partial charge is 0.106 e. The van der Waals surface area contributed by atoms with Crippen molar-refractivity contribution in [1.82, 2.24) is 4.98 Å². The molecule has 0 unspecified atom stereocenters. The molecule has 66 valence electrons. The summed E-state index contributed by atoms with van der Waals surface area (Å²) in [6, 6.07) is 10.2. The predicted octanol–water partition coefficient (Wildman–Crippen LogP) is 2.30. The van der Waals surface area contributed by atoms with E-state index >= 15 is 0 Å². The van der Waals surface area contributed by atoms with Gasteiger partial charge >= 0.3 is 0 Å². The van der Waals surface area contributed by atoms with Crippen LogP contribution >= 0.6 is 22.6 Å². The second-order valence-electron chi connectivity index (χ2n) is 2.84. The summed E-state index contributed by atoms with van der Waals surface area (Å²) in [5.41, 5.74) is 7.74. The molecule has 2 nitrogen and oxygen atoms in total. The first kappa shape index (κ1) is 8.90. The van der Waals surface area contributed by atoms with Crippen LogP contribution in [0.5, 0.6) is 0 Å². The Hall–Kier alpha value is -0.680. The van der Waals surface area contributed by atoms with Crippen molar-refractivity contribution in [2.75, 3.05) is 0 Å². The highest BCUT2D eigenvalue weighted by molar-refractivity contribution is 14.1. The molecule has 2 aromatic rings. The molecule has 1 heterocycles. The van der Waals surface area contributed by atoms with Crippen molar-refractivity contribution >= 4 is 33.5 Å². The summed E-state index contributed by atoms with van der Waals surface area (Å²) >= 11 is 2.22. The monoisotopic (exact) mass is 284 g/mol. The van der Waals surface area contributed by atoms with Gasteiger partial charge in [-0.2, -0.15) is 0 Å². The Morgan fingerprint density at radius 1 is 1.31 bits per heavy atom. The Balaban J connectivity index is 2.74. The third-order valence-electron chi connectivity index (χ3n) is 1.97. The molecule has 13 heavy (non-hydrogen) atoms. The lowest BCUT2D eigenvalue weighted by molar-refractivity contribution is 1.04. The fourth-order valence-electron chi connectivity index (χ4n) is 1.28. The minimum absolute atomic E-state index is 0.552. The SMILES string of the molecule is NCc1cc2ccccc2nc1I. The molecule has 0 saturated heterocycles. The number of halogens is 1. The molecule has 0 aliphatic carbocycles. The zero-order valence-electron chi connectivity index (χ0n) is 7.00. The minimum atomic E-state index is 0.552. The number of hydrogen-bond donors (Lipinski definition) is 1. The lowest BCUT2D eigenvalue weighted by Gasteiger charge is -2.02. The molecular weight excluding hydrogens is 275 g/mol. The Bertz CT molecular complexity index is 440. The van der Waals surface area contributed by atoms with Gasteiger partial charge in [-0.25, -0.2) is 4.98 Å². The average Bonchev–Trinajstić information content (AvgIpc) is 2.17. The summed E-state index contributed by atoms with van der Waals surface area (Å²) < 4.78 is 0.999. The fourth-order valence-corrected chi connectivity index (χ4v) is 1.92. The summed E-state index contributed by atoms with van der Waals surface area (Å²) in [6.07, 6.45) is 0. The summed E-state index contributed by atoms with van der Waals surface area (Å²) in [4.78, 5) is 4.45. The second kappa shape index (κ2) is 3.59. The van der Waals surface area contributed by atoms with E-state index in [-0.39, 0.29) is 0 Å². The molecule has 0 aliphatic heterocycles. The molecule has 0 saturated carbocycles. The van der Waals surface area contributed by atoms with Gasteiger partial charge in [-0.1, -0.05) is 18.2 Å². The summed E-state index contributed by atoms with van der Waals surface area (Å²) in [6.45, 7) is 0.552. The van der Waals surface area contributed by atoms with E-state index in [1.54, 1.807) is 0 Å². The number of hydrogen-bond acceptors (Lipinski definition) is 2. The molecule has 0 amide bonds. The largest absolute Gasteiger partial charge is 0.326 e. The zero-order chi connectivity index (χ0) is 9.26. The van der Waals surface area contributed by atoms with Crippen LogP contribution in [0.2, 0.25) is 0 Å². The van der Waals surface area contributed by atoms with Crippen molar-refractivity contribution in [3.8, 4) is 0 Å². The Morgan fingerprint density at radius 3 is 2.85 bits per heavy atom. The lowest BCUT2D eigenvalue weighted by atomic mass is 10.2. The quantitative estimate of drug-likeness (QED) is 0.644. The maximum absolute atomic E-state index is 5.60. The van der Waals surface area contributed by atoms with Gasteiger partial charge in [-0.3, -0.25) is 0 Å². The van der Waals surface area contributed by atoms with E-state index < -0.39 is 0 Å². The van der Waals surface area contributed by atoms with Crippen LogP contribution in [0, 0.1) is 3.70 Å². The van der Waals surface area contributed by atoms with Crippen LogP contribution in [-0.2, 0) is 6.54 Å². The van der Waals surface area contributed by atoms with E-state index in [9.17, 15) is 0 Å². The standard InChI is InChI=1S/C10H9IN2/c11-10-8(6-12)5-7-3-1-2-4-9(7)13-10/h1-5H,6,12H2. The molecule has 3 heteroatoms. The molecule has 0 spiro atoms. The van der Waals surface area contributed by atoms with Crippen molar-refractivity contribution in [2.24, 2.45) is 5.73 Å². The van der Waals surface area contributed by atoms with Crippen molar-refractivity contribution in [3.63, 3.8) is 0 Å². The number of benzene rings is 1. The Labute approximate surface area is 90.3 Å². The number of para-hydroxylation sites is 1. The van der Waals surface area contributed by atoms with Gasteiger partial charge in [0.2, 0.25) is 0 Å². The Kier molecular flexibility index (Phi) is 2.46. The Morgan fingerprint density at radius 2 is 2.08 bits per heavy atom. The number of nitrogens with two attached hydrogens (primary N) is 1. The molecule has 0 aliphatic rings. The van der Waals surface area contributed by atoms with Crippen LogP contribution in [0.3, 0.4) is 0 Å². The number of fused-ring (bicyclic) bond motifs is 1. The first-order chi connectivity index (χ1) is 6.31. The second-order valence-corrected chi connectivity index (χ2v) is 3.86. The van der Waals surface area contributed by atoms with E-state index in [1.165, 1.54) is 0 Å². The molecule has 0 atom stereocenters. The zero-order valence-corrected chi connectivity index (χ0v) is 9.15. The number of rotatable bonds is 1. The lowest BCUT2D eigenvalue weighted by Crippen LogP contribution is -2.00. The minimum Gasteiger partial charge on any atom is -0.326 e. The summed E-state index contributed by atoms with van der Waals surface area (Å²) in [5, 5.41) is 1.16. The molecule has 2 N–H and O–H groups in total. The van der Waals surface area contributed by atoms with Gasteiger partial charge in [0.15, 0.2) is 0 Å². The molecular formula is C10H9IN2. The molecule has 0 bridgehead atoms. The van der Waals surface area contributed by atoms with Crippen LogP contribution in [0.25, 0.3) is 10.9 Å². The molecule has 0 fully saturated rings. The topological polar surface area (TPSA) is 38.9 Å². The molecule has 1 aromatic carbocycles. The highest BCUT2D eigenvalue weighted by Crippen LogP contribution is 2.17. The number of nitrogens with zero attached hydrogens (tertiary/aromatic N) is 1. The first-order valence-electron chi connectivity index (χ1n) is 4.05. The maximum Gasteiger partial charge on any atom is 0.106 e. The van der Waals surface area contributed by atoms with Gasteiger partial charge in [-0.15, -0.1) is 0 Å². The van der Waals surface area contributed by atoms with Crippen molar-refractivity contribution in [3.05, 3.63) is 39.6 Å². The van der Waals surface area contributed by atoms with Gasteiger partial charge in [0.25, 0.3) is 0 Å². The average molecular weight is 284 g/mol. The fraction of sp³-hybridized carbons (Fsp3) is 0.100. The highest BCUT2D eigenvalue weighted by atomic mass is 127. The molecule has 2 rings (SSSR count). The number of aromatic nitrogens is 1. The normalized spacial score (nSPS) is 10.6. The van der Waals surface area contributed by atoms with Crippen LogP contribution in [-0.4, -0.2) is 4.98 Å². The first-order valence-corrected chi connectivity index (χ1v) is 5.13. The van der Waals surface area contributed by atoms with Gasteiger partial charge in [0.05, 0.1) is 5.52 Å². The van der Waals surface area contributed by atoms with E-state index in [2.05, 4.69) is 39.7 Å². The molecule has 1 aromatic heterocycles. The van der Waals surface area contributed by atoms with E-state index in [0.717, 1.165) is 20.2 Å². The predicted molar refractivity (Wildman–Crippen MR) is 62.4 cm³/mol. The summed E-state index contributed by atoms with van der Waals surface area (Å²) in [7, 11) is 0. The van der Waals surface area contributed by atoms with Crippen LogP contribution in [0.4, 0.5) is 0 Å². The van der Waals surface area contributed by atoms with Gasteiger partial charge in [0.1, 0.15) is 3.70 Å². The van der Waals surface area contributed by atoms with Crippen LogP contribution < -0.4 is 5.73 Å². The van der Waals surface area contributed by atoms with Gasteiger partial charge in [-0.05, 0) is 40.3 Å². The van der Waals surface area contributed by atoms with Crippen molar-refractivity contribution in [2.45, 2.75) is 6.54 Å².